The molecule has 31 heavy (non-hydrogen) atoms. The van der Waals surface area contributed by atoms with E-state index in [4.69, 9.17) is 0 Å². The van der Waals surface area contributed by atoms with Gasteiger partial charge in [-0.1, -0.05) is 42.5 Å². The molecule has 0 saturated heterocycles. The number of sulfonamides is 1. The Labute approximate surface area is 181 Å². The number of benzene rings is 2. The van der Waals surface area contributed by atoms with Crippen LogP contribution < -0.4 is 10.0 Å². The van der Waals surface area contributed by atoms with Gasteiger partial charge < -0.3 is 5.32 Å². The average molecular weight is 435 g/mol. The zero-order valence-electron chi connectivity index (χ0n) is 16.9. The maximum atomic E-state index is 12.4. The highest BCUT2D eigenvalue weighted by molar-refractivity contribution is 7.92. The molecule has 4 aromatic rings. The Morgan fingerprint density at radius 3 is 2.45 bits per heavy atom. The minimum Gasteiger partial charge on any atom is -0.321 e. The molecule has 0 radical (unpaired) electrons. The third-order valence-corrected chi connectivity index (χ3v) is 5.86. The van der Waals surface area contributed by atoms with Gasteiger partial charge in [0, 0.05) is 30.7 Å². The Hall–Kier alpha value is -3.72. The first kappa shape index (κ1) is 20.5. The zero-order valence-corrected chi connectivity index (χ0v) is 17.7. The van der Waals surface area contributed by atoms with Crippen molar-refractivity contribution in [3.05, 3.63) is 84.8 Å². The molecule has 2 aromatic heterocycles. The molecule has 158 valence electrons. The van der Waals surface area contributed by atoms with Crippen LogP contribution in [0.3, 0.4) is 0 Å². The molecular weight excluding hydrogens is 412 g/mol. The molecule has 0 aliphatic carbocycles. The lowest BCUT2D eigenvalue weighted by Crippen LogP contribution is -2.18. The molecule has 0 amide bonds. The summed E-state index contributed by atoms with van der Waals surface area (Å²) in [4.78, 5) is 8.75. The molecule has 2 aromatic carbocycles. The number of hydrogen-bond acceptors (Lipinski definition) is 6. The minimum atomic E-state index is -3.44. The Kier molecular flexibility index (Phi) is 5.94. The zero-order chi connectivity index (χ0) is 21.7. The van der Waals surface area contributed by atoms with Gasteiger partial charge in [-0.15, -0.1) is 0 Å². The Morgan fingerprint density at radius 1 is 0.968 bits per heavy atom. The summed E-state index contributed by atoms with van der Waals surface area (Å²) in [6.07, 6.45) is 5.65. The molecule has 0 atom stereocenters. The van der Waals surface area contributed by atoms with Crippen molar-refractivity contribution in [2.24, 2.45) is 7.05 Å². The van der Waals surface area contributed by atoms with Gasteiger partial charge >= 0.3 is 0 Å². The van der Waals surface area contributed by atoms with Gasteiger partial charge in [-0.05, 0) is 30.2 Å². The predicted molar refractivity (Wildman–Crippen MR) is 122 cm³/mol. The van der Waals surface area contributed by atoms with Crippen molar-refractivity contribution in [2.75, 3.05) is 15.8 Å². The topological polar surface area (TPSA) is 102 Å². The second-order valence-corrected chi connectivity index (χ2v) is 8.87. The molecule has 0 aliphatic rings. The first-order valence-electron chi connectivity index (χ1n) is 9.70. The summed E-state index contributed by atoms with van der Waals surface area (Å²) in [7, 11) is -1.61. The van der Waals surface area contributed by atoms with Crippen LogP contribution >= 0.6 is 0 Å². The van der Waals surface area contributed by atoms with Crippen molar-refractivity contribution >= 4 is 27.3 Å². The van der Waals surface area contributed by atoms with Gasteiger partial charge in [-0.25, -0.2) is 18.4 Å². The van der Waals surface area contributed by atoms with E-state index in [1.54, 1.807) is 35.3 Å². The second kappa shape index (κ2) is 8.97. The van der Waals surface area contributed by atoms with Crippen molar-refractivity contribution < 1.29 is 8.42 Å². The lowest BCUT2D eigenvalue weighted by molar-refractivity contribution is 0.600. The molecule has 0 saturated carbocycles. The molecule has 0 fully saturated rings. The van der Waals surface area contributed by atoms with E-state index < -0.39 is 10.0 Å². The van der Waals surface area contributed by atoms with E-state index in [0.717, 1.165) is 22.5 Å². The van der Waals surface area contributed by atoms with Gasteiger partial charge in [0.05, 0.1) is 23.3 Å². The standard InChI is InChI=1S/C22H22N6O2S/c1-28-16-20(15-24-28)25-22-23-13-11-21(26-22)18-7-9-19(10-8-18)27-31(29,30)14-12-17-5-3-2-4-6-17/h2-11,13,15-16,27H,12,14H2,1H3,(H,23,25,26). The van der Waals surface area contributed by atoms with Gasteiger partial charge in [0.1, 0.15) is 0 Å². The summed E-state index contributed by atoms with van der Waals surface area (Å²) in [6, 6.07) is 18.5. The molecule has 0 bridgehead atoms. The van der Waals surface area contributed by atoms with Crippen LogP contribution in [0.2, 0.25) is 0 Å². The summed E-state index contributed by atoms with van der Waals surface area (Å²) in [5, 5.41) is 7.21. The normalized spacial score (nSPS) is 11.3. The third kappa shape index (κ3) is 5.67. The largest absolute Gasteiger partial charge is 0.321 e. The van der Waals surface area contributed by atoms with E-state index >= 15 is 0 Å². The third-order valence-electron chi connectivity index (χ3n) is 4.57. The highest BCUT2D eigenvalue weighted by Crippen LogP contribution is 2.22. The van der Waals surface area contributed by atoms with E-state index in [1.807, 2.05) is 55.7 Å². The predicted octanol–water partition coefficient (Wildman–Crippen LogP) is 3.61. The molecule has 0 aliphatic heterocycles. The minimum absolute atomic E-state index is 0.0219. The lowest BCUT2D eigenvalue weighted by Gasteiger charge is -2.09. The number of nitrogens with one attached hydrogen (secondary N) is 2. The van der Waals surface area contributed by atoms with Gasteiger partial charge in [-0.2, -0.15) is 5.10 Å². The quantitative estimate of drug-likeness (QED) is 0.439. The second-order valence-electron chi connectivity index (χ2n) is 7.03. The fourth-order valence-corrected chi connectivity index (χ4v) is 4.13. The fraction of sp³-hybridized carbons (Fsp3) is 0.136. The lowest BCUT2D eigenvalue weighted by atomic mass is 10.1. The maximum absolute atomic E-state index is 12.4. The summed E-state index contributed by atoms with van der Waals surface area (Å²) in [5.74, 6) is 0.477. The fourth-order valence-electron chi connectivity index (χ4n) is 3.03. The molecule has 2 heterocycles. The number of nitrogens with zero attached hydrogens (tertiary/aromatic N) is 4. The summed E-state index contributed by atoms with van der Waals surface area (Å²) in [5.41, 5.74) is 3.87. The SMILES string of the molecule is Cn1cc(Nc2nccc(-c3ccc(NS(=O)(=O)CCc4ccccc4)cc3)n2)cn1. The molecule has 8 nitrogen and oxygen atoms in total. The maximum Gasteiger partial charge on any atom is 0.233 e. The monoisotopic (exact) mass is 434 g/mol. The molecule has 0 spiro atoms. The van der Waals surface area contributed by atoms with Crippen LogP contribution in [0.4, 0.5) is 17.3 Å². The molecule has 9 heteroatoms. The first-order valence-corrected chi connectivity index (χ1v) is 11.4. The van der Waals surface area contributed by atoms with Crippen LogP contribution in [0, 0.1) is 0 Å². The summed E-state index contributed by atoms with van der Waals surface area (Å²) < 4.78 is 29.1. The number of anilines is 3. The van der Waals surface area contributed by atoms with Gasteiger partial charge in [0.2, 0.25) is 16.0 Å². The first-order chi connectivity index (χ1) is 15.0. The smallest absolute Gasteiger partial charge is 0.233 e. The van der Waals surface area contributed by atoms with Crippen molar-refractivity contribution in [3.8, 4) is 11.3 Å². The highest BCUT2D eigenvalue weighted by Gasteiger charge is 2.11. The van der Waals surface area contributed by atoms with Crippen LogP contribution in [0.5, 0.6) is 0 Å². The Bertz CT molecular complexity index is 1250. The molecular formula is C22H22N6O2S. The Balaban J connectivity index is 1.41. The van der Waals surface area contributed by atoms with E-state index in [1.165, 1.54) is 0 Å². The van der Waals surface area contributed by atoms with Crippen LogP contribution in [0.15, 0.2) is 79.3 Å². The van der Waals surface area contributed by atoms with Gasteiger partial charge in [-0.3, -0.25) is 9.40 Å². The van der Waals surface area contributed by atoms with E-state index in [9.17, 15) is 8.42 Å². The van der Waals surface area contributed by atoms with Crippen molar-refractivity contribution in [1.29, 1.82) is 0 Å². The van der Waals surface area contributed by atoms with Gasteiger partial charge in [0.15, 0.2) is 0 Å². The van der Waals surface area contributed by atoms with Crippen molar-refractivity contribution in [3.63, 3.8) is 0 Å². The molecule has 0 unspecified atom stereocenters. The number of aromatic nitrogens is 4. The average Bonchev–Trinajstić information content (AvgIpc) is 3.18. The van der Waals surface area contributed by atoms with Gasteiger partial charge in [0.25, 0.3) is 0 Å². The van der Waals surface area contributed by atoms with Crippen LogP contribution in [0.25, 0.3) is 11.3 Å². The van der Waals surface area contributed by atoms with Crippen molar-refractivity contribution in [1.82, 2.24) is 19.7 Å². The molecule has 4 rings (SSSR count). The molecule has 2 N–H and O–H groups in total. The van der Waals surface area contributed by atoms with Crippen LogP contribution in [-0.4, -0.2) is 33.9 Å². The van der Waals surface area contributed by atoms with Crippen LogP contribution in [0.1, 0.15) is 5.56 Å². The number of aryl methyl sites for hydroxylation is 2. The van der Waals surface area contributed by atoms with E-state index in [0.29, 0.717) is 18.1 Å². The van der Waals surface area contributed by atoms with E-state index in [2.05, 4.69) is 25.1 Å². The summed E-state index contributed by atoms with van der Waals surface area (Å²) in [6.45, 7) is 0. The van der Waals surface area contributed by atoms with Crippen LogP contribution in [-0.2, 0) is 23.5 Å². The highest BCUT2D eigenvalue weighted by atomic mass is 32.2. The van der Waals surface area contributed by atoms with Crippen molar-refractivity contribution in [2.45, 2.75) is 6.42 Å². The number of hydrogen-bond donors (Lipinski definition) is 2. The van der Waals surface area contributed by atoms with E-state index in [-0.39, 0.29) is 5.75 Å². The number of rotatable bonds is 8. The Morgan fingerprint density at radius 2 is 1.74 bits per heavy atom. The summed E-state index contributed by atoms with van der Waals surface area (Å²) >= 11 is 0.